The maximum Gasteiger partial charge on any atom is 0.263 e. The molecule has 6 nitrogen and oxygen atoms in total. The van der Waals surface area contributed by atoms with Gasteiger partial charge in [0.2, 0.25) is 0 Å². The van der Waals surface area contributed by atoms with E-state index in [0.717, 1.165) is 74.5 Å². The van der Waals surface area contributed by atoms with Crippen LogP contribution in [0.2, 0.25) is 5.02 Å². The van der Waals surface area contributed by atoms with Crippen molar-refractivity contribution >= 4 is 34.2 Å². The molecule has 6 unspecified atom stereocenters. The first-order valence-corrected chi connectivity index (χ1v) is 17.4. The van der Waals surface area contributed by atoms with Crippen LogP contribution in [-0.4, -0.2) is 46.3 Å². The van der Waals surface area contributed by atoms with Gasteiger partial charge < -0.3 is 14.7 Å². The second-order valence-electron chi connectivity index (χ2n) is 12.6. The maximum atomic E-state index is 13.3. The quantitative estimate of drug-likeness (QED) is 0.247. The molecule has 1 heterocycles. The second kappa shape index (κ2) is 15.1. The van der Waals surface area contributed by atoms with Gasteiger partial charge in [0.15, 0.2) is 0 Å². The number of nitrogens with one attached hydrogen (secondary N) is 1. The summed E-state index contributed by atoms with van der Waals surface area (Å²) in [6, 6.07) is 11.8. The molecule has 2 aliphatic rings. The average molecular weight is 617 g/mol. The number of aliphatic hydroxyl groups excluding tert-OH is 1. The van der Waals surface area contributed by atoms with Gasteiger partial charge in [-0.1, -0.05) is 51.3 Å². The van der Waals surface area contributed by atoms with Gasteiger partial charge in [-0.2, -0.15) is 0 Å². The third-order valence-corrected chi connectivity index (χ3v) is 11.0. The van der Waals surface area contributed by atoms with Crippen molar-refractivity contribution in [1.29, 1.82) is 0 Å². The molecule has 0 saturated heterocycles. The second-order valence-corrected chi connectivity index (χ2v) is 14.5. The van der Waals surface area contributed by atoms with E-state index in [2.05, 4.69) is 42.5 Å². The molecule has 0 radical (unpaired) electrons. The Bertz CT molecular complexity index is 1240. The van der Waals surface area contributed by atoms with E-state index in [-0.39, 0.29) is 29.1 Å². The van der Waals surface area contributed by atoms with Crippen molar-refractivity contribution in [1.82, 2.24) is 4.72 Å². The molecule has 1 fully saturated rings. The van der Waals surface area contributed by atoms with E-state index in [1.165, 1.54) is 11.1 Å². The Hall–Kier alpha value is -2.09. The van der Waals surface area contributed by atoms with Crippen LogP contribution in [0.3, 0.4) is 0 Å². The van der Waals surface area contributed by atoms with Gasteiger partial charge in [0.05, 0.1) is 23.6 Å². The Morgan fingerprint density at radius 3 is 2.55 bits per heavy atom. The van der Waals surface area contributed by atoms with Crippen molar-refractivity contribution in [3.63, 3.8) is 0 Å². The van der Waals surface area contributed by atoms with Gasteiger partial charge in [-0.25, -0.2) is 4.21 Å². The molecule has 0 spiro atoms. The van der Waals surface area contributed by atoms with Gasteiger partial charge >= 0.3 is 0 Å². The molecule has 0 aromatic heterocycles. The fourth-order valence-corrected chi connectivity index (χ4v) is 7.75. The molecular formula is C34H49ClN2O4S. The molecule has 42 heavy (non-hydrogen) atoms. The third kappa shape index (κ3) is 8.09. The van der Waals surface area contributed by atoms with Gasteiger partial charge in [-0.15, -0.1) is 0 Å². The zero-order valence-corrected chi connectivity index (χ0v) is 27.5. The summed E-state index contributed by atoms with van der Waals surface area (Å²) >= 11 is 6.39. The number of aliphatic hydroxyl groups is 1. The Balaban J connectivity index is 1.62. The lowest BCUT2D eigenvalue weighted by Gasteiger charge is -2.41. The number of nitrogens with zero attached hydrogens (tertiary/aromatic N) is 1. The Labute approximate surface area is 260 Å². The fourth-order valence-electron chi connectivity index (χ4n) is 6.51. The lowest BCUT2D eigenvalue weighted by molar-refractivity contribution is 0.0893. The maximum absolute atomic E-state index is 13.3. The number of carbonyl (C=O) groups is 1. The van der Waals surface area contributed by atoms with E-state index in [9.17, 15) is 14.1 Å². The molecule has 2 N–H and O–H groups in total. The third-order valence-electron chi connectivity index (χ3n) is 9.26. The van der Waals surface area contributed by atoms with Crippen LogP contribution in [0.4, 0.5) is 5.69 Å². The van der Waals surface area contributed by atoms with Crippen LogP contribution >= 0.6 is 11.6 Å². The number of rotatable bonds is 13. The highest BCUT2D eigenvalue weighted by Gasteiger charge is 2.35. The van der Waals surface area contributed by atoms with Crippen LogP contribution in [0.5, 0.6) is 5.75 Å². The summed E-state index contributed by atoms with van der Waals surface area (Å²) in [5.74, 6) is 1.78. The van der Waals surface area contributed by atoms with E-state index in [1.807, 2.05) is 32.0 Å². The van der Waals surface area contributed by atoms with E-state index in [0.29, 0.717) is 24.0 Å². The van der Waals surface area contributed by atoms with Crippen LogP contribution in [-0.2, 0) is 17.4 Å². The van der Waals surface area contributed by atoms with Gasteiger partial charge in [0.1, 0.15) is 16.7 Å². The van der Waals surface area contributed by atoms with Gasteiger partial charge in [0, 0.05) is 29.6 Å². The summed E-state index contributed by atoms with van der Waals surface area (Å²) in [5, 5.41) is 10.7. The number of hydrogen-bond acceptors (Lipinski definition) is 5. The Kier molecular flexibility index (Phi) is 11.8. The smallest absolute Gasteiger partial charge is 0.263 e. The molecule has 4 rings (SSSR count). The number of hydrogen-bond donors (Lipinski definition) is 2. The summed E-state index contributed by atoms with van der Waals surface area (Å²) in [7, 11) is -1.47. The molecule has 2 aromatic rings. The number of amides is 1. The van der Waals surface area contributed by atoms with Crippen molar-refractivity contribution in [2.45, 2.75) is 96.8 Å². The topological polar surface area (TPSA) is 78.9 Å². The highest BCUT2D eigenvalue weighted by molar-refractivity contribution is 7.84. The summed E-state index contributed by atoms with van der Waals surface area (Å²) in [5.41, 5.74) is 3.90. The van der Waals surface area contributed by atoms with Crippen molar-refractivity contribution in [3.05, 3.63) is 58.1 Å². The molecular weight excluding hydrogens is 568 g/mol. The van der Waals surface area contributed by atoms with E-state index < -0.39 is 11.0 Å². The number of halogens is 1. The molecule has 7 atom stereocenters. The molecule has 1 amide bonds. The van der Waals surface area contributed by atoms with Crippen LogP contribution in [0, 0.1) is 17.8 Å². The Morgan fingerprint density at radius 1 is 1.12 bits per heavy atom. The fraction of sp³-hybridized carbons (Fsp3) is 0.618. The number of anilines is 1. The monoisotopic (exact) mass is 616 g/mol. The number of carbonyl (C=O) groups excluding carboxylic acids is 1. The minimum atomic E-state index is -1.47. The largest absolute Gasteiger partial charge is 0.491 e. The zero-order chi connectivity index (χ0) is 30.4. The zero-order valence-electron chi connectivity index (χ0n) is 25.9. The lowest BCUT2D eigenvalue weighted by atomic mass is 9.70. The van der Waals surface area contributed by atoms with Gasteiger partial charge in [-0.3, -0.25) is 9.52 Å². The molecule has 1 aliphatic carbocycles. The number of benzene rings is 2. The first-order chi connectivity index (χ1) is 20.1. The molecule has 232 valence electrons. The SMILES string of the molecule is CCCc1cc(Cl)ccc1C1COc2ccc(C(=O)NS(=O)C(C)C(C)CCC)cc2N(CC2CCC2C[C@@H](C)O)C1. The molecule has 1 aliphatic heterocycles. The van der Waals surface area contributed by atoms with E-state index in [4.69, 9.17) is 16.3 Å². The van der Waals surface area contributed by atoms with Crippen LogP contribution in [0.25, 0.3) is 0 Å². The minimum Gasteiger partial charge on any atom is -0.491 e. The molecule has 2 aromatic carbocycles. The Morgan fingerprint density at radius 2 is 1.88 bits per heavy atom. The van der Waals surface area contributed by atoms with Crippen LogP contribution < -0.4 is 14.4 Å². The lowest BCUT2D eigenvalue weighted by Crippen LogP contribution is -2.41. The minimum absolute atomic E-state index is 0.128. The van der Waals surface area contributed by atoms with Crippen LogP contribution in [0.1, 0.15) is 101 Å². The molecule has 1 saturated carbocycles. The van der Waals surface area contributed by atoms with E-state index in [1.54, 1.807) is 6.07 Å². The molecule has 0 bridgehead atoms. The number of ether oxygens (including phenoxy) is 1. The van der Waals surface area contributed by atoms with Gasteiger partial charge in [-0.05, 0) is 105 Å². The number of fused-ring (bicyclic) bond motifs is 1. The number of aryl methyl sites for hydroxylation is 1. The highest BCUT2D eigenvalue weighted by Crippen LogP contribution is 2.42. The average Bonchev–Trinajstić information content (AvgIpc) is 3.13. The summed E-state index contributed by atoms with van der Waals surface area (Å²) in [6.07, 6.45) is 6.74. The summed E-state index contributed by atoms with van der Waals surface area (Å²) in [6.45, 7) is 12.3. The van der Waals surface area contributed by atoms with Crippen LogP contribution in [0.15, 0.2) is 36.4 Å². The first-order valence-electron chi connectivity index (χ1n) is 15.8. The normalized spacial score (nSPS) is 23.0. The standard InChI is InChI=1S/C34H49ClN2O4S/c1-6-8-22(3)24(5)42(40)36-34(39)27-12-15-33-32(18-27)37(19-28-11-10-25(28)16-23(4)38)20-29(21-41-33)31-14-13-30(35)17-26(31)9-7-2/h12-15,17-18,22-25,28-29,38H,6-11,16,19-21H2,1-5H3,(H,36,39)/t22?,23-,24?,25?,28?,29?,42?/m1/s1. The van der Waals surface area contributed by atoms with Crippen molar-refractivity contribution in [3.8, 4) is 5.75 Å². The predicted octanol–water partition coefficient (Wildman–Crippen LogP) is 7.29. The van der Waals surface area contributed by atoms with E-state index >= 15 is 0 Å². The van der Waals surface area contributed by atoms with Gasteiger partial charge in [0.25, 0.3) is 5.91 Å². The van der Waals surface area contributed by atoms with Crippen molar-refractivity contribution < 1.29 is 18.8 Å². The predicted molar refractivity (Wildman–Crippen MR) is 174 cm³/mol. The molecule has 8 heteroatoms. The summed E-state index contributed by atoms with van der Waals surface area (Å²) in [4.78, 5) is 15.7. The van der Waals surface area contributed by atoms with Crippen molar-refractivity contribution in [2.24, 2.45) is 17.8 Å². The highest BCUT2D eigenvalue weighted by atomic mass is 35.5. The summed E-state index contributed by atoms with van der Waals surface area (Å²) < 4.78 is 22.2. The first kappa shape index (κ1) is 32.8. The van der Waals surface area contributed by atoms with Crippen molar-refractivity contribution in [2.75, 3.05) is 24.6 Å².